The lowest BCUT2D eigenvalue weighted by atomic mass is 9.98. The number of fused-ring (bicyclic) bond motifs is 1. The van der Waals surface area contributed by atoms with Gasteiger partial charge in [0.05, 0.1) is 6.54 Å². The summed E-state index contributed by atoms with van der Waals surface area (Å²) >= 11 is 0. The molecule has 5 nitrogen and oxygen atoms in total. The van der Waals surface area contributed by atoms with Crippen molar-refractivity contribution >= 4 is 16.9 Å². The minimum Gasteiger partial charge on any atom is -0.385 e. The maximum atomic E-state index is 4.85. The Kier molecular flexibility index (Phi) is 5.62. The number of benzene rings is 1. The Balaban J connectivity index is 1.49. The first kappa shape index (κ1) is 18.9. The van der Waals surface area contributed by atoms with E-state index in [4.69, 9.17) is 9.97 Å². The Hall–Kier alpha value is -2.40. The molecule has 0 amide bonds. The van der Waals surface area contributed by atoms with E-state index in [9.17, 15) is 0 Å². The van der Waals surface area contributed by atoms with Gasteiger partial charge in [-0.25, -0.2) is 9.97 Å². The average molecular weight is 378 g/mol. The fraction of sp³-hybridized carbons (Fsp3) is 0.478. The van der Waals surface area contributed by atoms with Gasteiger partial charge in [0.15, 0.2) is 5.65 Å². The molecule has 2 aromatic heterocycles. The zero-order chi connectivity index (χ0) is 19.5. The molecule has 1 aromatic carbocycles. The van der Waals surface area contributed by atoms with Crippen molar-refractivity contribution in [3.8, 4) is 0 Å². The maximum absolute atomic E-state index is 4.85. The Morgan fingerprint density at radius 2 is 1.86 bits per heavy atom. The van der Waals surface area contributed by atoms with Crippen molar-refractivity contribution in [2.45, 2.75) is 46.6 Å². The molecule has 0 bridgehead atoms. The van der Waals surface area contributed by atoms with Crippen LogP contribution >= 0.6 is 0 Å². The maximum Gasteiger partial charge on any atom is 0.160 e. The summed E-state index contributed by atoms with van der Waals surface area (Å²) < 4.78 is 2.27. The molecule has 3 heterocycles. The van der Waals surface area contributed by atoms with E-state index >= 15 is 0 Å². The Labute approximate surface area is 167 Å². The van der Waals surface area contributed by atoms with E-state index in [2.05, 4.69) is 66.3 Å². The zero-order valence-electron chi connectivity index (χ0n) is 17.3. The smallest absolute Gasteiger partial charge is 0.160 e. The number of aromatic nitrogens is 3. The molecule has 0 aliphatic carbocycles. The number of anilines is 1. The van der Waals surface area contributed by atoms with E-state index in [0.717, 1.165) is 61.2 Å². The third-order valence-corrected chi connectivity index (χ3v) is 5.77. The number of hydrogen-bond acceptors (Lipinski definition) is 4. The number of imidazole rings is 1. The molecule has 148 valence electrons. The van der Waals surface area contributed by atoms with E-state index in [0.29, 0.717) is 0 Å². The largest absolute Gasteiger partial charge is 0.385 e. The van der Waals surface area contributed by atoms with Gasteiger partial charge >= 0.3 is 0 Å². The highest BCUT2D eigenvalue weighted by molar-refractivity contribution is 5.76. The first-order valence-corrected chi connectivity index (χ1v) is 10.5. The van der Waals surface area contributed by atoms with Crippen LogP contribution in [0.4, 0.5) is 5.69 Å². The van der Waals surface area contributed by atoms with Crippen LogP contribution in [0.3, 0.4) is 0 Å². The highest BCUT2D eigenvalue weighted by Crippen LogP contribution is 2.22. The lowest BCUT2D eigenvalue weighted by Crippen LogP contribution is -2.31. The fourth-order valence-corrected chi connectivity index (χ4v) is 4.14. The number of nitrogens with one attached hydrogen (secondary N) is 2. The minimum absolute atomic E-state index is 0.780. The van der Waals surface area contributed by atoms with Crippen LogP contribution < -0.4 is 10.6 Å². The number of pyridine rings is 1. The van der Waals surface area contributed by atoms with Crippen LogP contribution in [-0.2, 0) is 13.0 Å². The molecule has 1 aliphatic heterocycles. The second-order valence-electron chi connectivity index (χ2n) is 7.99. The average Bonchev–Trinajstić information content (AvgIpc) is 3.06. The molecule has 2 N–H and O–H groups in total. The van der Waals surface area contributed by atoms with Crippen molar-refractivity contribution in [1.82, 2.24) is 19.9 Å². The quantitative estimate of drug-likeness (QED) is 0.680. The summed E-state index contributed by atoms with van der Waals surface area (Å²) in [5, 5.41) is 7.04. The van der Waals surface area contributed by atoms with Gasteiger partial charge in [0, 0.05) is 24.3 Å². The number of rotatable bonds is 6. The second-order valence-corrected chi connectivity index (χ2v) is 7.99. The minimum atomic E-state index is 0.780. The molecule has 5 heteroatoms. The molecule has 3 aromatic rings. The standard InChI is InChI=1S/C23H31N5/c1-4-21-27-22-16(2)13-17(3)26-23(22)28(21)15-19-5-7-20(8-6-19)25-14-18-9-11-24-12-10-18/h5-8,13,18,24-25H,4,9-12,14-15H2,1-3H3. The molecular weight excluding hydrogens is 346 g/mol. The van der Waals surface area contributed by atoms with Crippen LogP contribution in [-0.4, -0.2) is 34.2 Å². The van der Waals surface area contributed by atoms with Crippen molar-refractivity contribution < 1.29 is 0 Å². The predicted molar refractivity (Wildman–Crippen MR) is 116 cm³/mol. The predicted octanol–water partition coefficient (Wildman–Crippen LogP) is 4.07. The zero-order valence-corrected chi connectivity index (χ0v) is 17.3. The second kappa shape index (κ2) is 8.31. The van der Waals surface area contributed by atoms with Crippen LogP contribution in [0, 0.1) is 19.8 Å². The molecule has 1 fully saturated rings. The molecule has 1 saturated heterocycles. The topological polar surface area (TPSA) is 54.8 Å². The van der Waals surface area contributed by atoms with E-state index in [1.807, 2.05) is 0 Å². The van der Waals surface area contributed by atoms with Crippen molar-refractivity contribution in [3.63, 3.8) is 0 Å². The summed E-state index contributed by atoms with van der Waals surface area (Å²) in [7, 11) is 0. The molecule has 1 aliphatic rings. The summed E-state index contributed by atoms with van der Waals surface area (Å²) in [4.78, 5) is 9.63. The Morgan fingerprint density at radius 1 is 1.11 bits per heavy atom. The third-order valence-electron chi connectivity index (χ3n) is 5.77. The molecule has 0 spiro atoms. The molecule has 28 heavy (non-hydrogen) atoms. The van der Waals surface area contributed by atoms with Crippen molar-refractivity contribution in [3.05, 3.63) is 53.0 Å². The molecule has 0 saturated carbocycles. The van der Waals surface area contributed by atoms with E-state index in [1.165, 1.54) is 29.7 Å². The molecular formula is C23H31N5. The van der Waals surface area contributed by atoms with Crippen LogP contribution in [0.15, 0.2) is 30.3 Å². The molecule has 4 rings (SSSR count). The first-order valence-electron chi connectivity index (χ1n) is 10.5. The molecule has 0 atom stereocenters. The van der Waals surface area contributed by atoms with Gasteiger partial charge in [0.2, 0.25) is 0 Å². The van der Waals surface area contributed by atoms with E-state index in [-0.39, 0.29) is 0 Å². The number of piperidine rings is 1. The van der Waals surface area contributed by atoms with Crippen molar-refractivity contribution in [2.75, 3.05) is 25.0 Å². The van der Waals surface area contributed by atoms with Gasteiger partial charge in [-0.15, -0.1) is 0 Å². The van der Waals surface area contributed by atoms with Crippen LogP contribution in [0.1, 0.15) is 42.4 Å². The van der Waals surface area contributed by atoms with Crippen LogP contribution in [0.25, 0.3) is 11.2 Å². The first-order chi connectivity index (χ1) is 13.6. The number of hydrogen-bond donors (Lipinski definition) is 2. The monoisotopic (exact) mass is 377 g/mol. The SMILES string of the molecule is CCc1nc2c(C)cc(C)nc2n1Cc1ccc(NCC2CCNCC2)cc1. The molecule has 0 unspecified atom stereocenters. The van der Waals surface area contributed by atoms with Crippen molar-refractivity contribution in [2.24, 2.45) is 5.92 Å². The Morgan fingerprint density at radius 3 is 2.57 bits per heavy atom. The van der Waals surface area contributed by atoms with Gasteiger partial charge in [-0.05, 0) is 75.0 Å². The van der Waals surface area contributed by atoms with Gasteiger partial charge in [0.25, 0.3) is 0 Å². The van der Waals surface area contributed by atoms with E-state index in [1.54, 1.807) is 0 Å². The van der Waals surface area contributed by atoms with Gasteiger partial charge in [-0.1, -0.05) is 19.1 Å². The van der Waals surface area contributed by atoms with Gasteiger partial charge in [-0.3, -0.25) is 0 Å². The fourth-order valence-electron chi connectivity index (χ4n) is 4.14. The summed E-state index contributed by atoms with van der Waals surface area (Å²) in [5.74, 6) is 1.88. The lowest BCUT2D eigenvalue weighted by molar-refractivity contribution is 0.390. The number of aryl methyl sites for hydroxylation is 3. The highest BCUT2D eigenvalue weighted by atomic mass is 15.1. The number of nitrogens with zero attached hydrogens (tertiary/aromatic N) is 3. The van der Waals surface area contributed by atoms with Crippen LogP contribution in [0.5, 0.6) is 0 Å². The molecule has 0 radical (unpaired) electrons. The normalized spacial score (nSPS) is 15.2. The lowest BCUT2D eigenvalue weighted by Gasteiger charge is -2.23. The van der Waals surface area contributed by atoms with E-state index < -0.39 is 0 Å². The summed E-state index contributed by atoms with van der Waals surface area (Å²) in [6.45, 7) is 10.5. The summed E-state index contributed by atoms with van der Waals surface area (Å²) in [5.41, 5.74) is 6.77. The van der Waals surface area contributed by atoms with Gasteiger partial charge < -0.3 is 15.2 Å². The van der Waals surface area contributed by atoms with Crippen molar-refractivity contribution in [1.29, 1.82) is 0 Å². The third kappa shape index (κ3) is 4.04. The Bertz CT molecular complexity index is 936. The van der Waals surface area contributed by atoms with Crippen LogP contribution in [0.2, 0.25) is 0 Å². The highest BCUT2D eigenvalue weighted by Gasteiger charge is 2.14. The summed E-state index contributed by atoms with van der Waals surface area (Å²) in [6, 6.07) is 11.0. The summed E-state index contributed by atoms with van der Waals surface area (Å²) in [6.07, 6.45) is 3.44. The van der Waals surface area contributed by atoms with Gasteiger partial charge in [-0.2, -0.15) is 0 Å². The van der Waals surface area contributed by atoms with Gasteiger partial charge in [0.1, 0.15) is 11.3 Å².